The van der Waals surface area contributed by atoms with Crippen molar-refractivity contribution in [2.45, 2.75) is 25.6 Å². The number of aliphatic hydroxyl groups excluding tert-OH is 1. The molecule has 0 radical (unpaired) electrons. The third-order valence-corrected chi connectivity index (χ3v) is 3.24. The number of aliphatic hydroxyl groups is 1. The van der Waals surface area contributed by atoms with Crippen LogP contribution in [0.3, 0.4) is 0 Å². The molecule has 7 heteroatoms. The van der Waals surface area contributed by atoms with E-state index in [2.05, 4.69) is 5.16 Å². The number of hydrogen-bond donors (Lipinski definition) is 1. The van der Waals surface area contributed by atoms with Crippen molar-refractivity contribution >= 4 is 5.91 Å². The molecule has 2 heterocycles. The fraction of sp³-hybridized carbons (Fsp3) is 0.692. The van der Waals surface area contributed by atoms with Crippen LogP contribution in [0.5, 0.6) is 0 Å². The second-order valence-corrected chi connectivity index (χ2v) is 4.70. The van der Waals surface area contributed by atoms with Crippen LogP contribution in [-0.4, -0.2) is 60.6 Å². The van der Waals surface area contributed by atoms with E-state index in [9.17, 15) is 4.79 Å². The van der Waals surface area contributed by atoms with Gasteiger partial charge < -0.3 is 24.0 Å². The summed E-state index contributed by atoms with van der Waals surface area (Å²) >= 11 is 0. The van der Waals surface area contributed by atoms with Gasteiger partial charge >= 0.3 is 0 Å². The third kappa shape index (κ3) is 3.78. The van der Waals surface area contributed by atoms with Crippen molar-refractivity contribution < 1.29 is 23.9 Å². The number of rotatable bonds is 6. The quantitative estimate of drug-likeness (QED) is 0.815. The van der Waals surface area contributed by atoms with Gasteiger partial charge in [-0.3, -0.25) is 4.79 Å². The maximum absolute atomic E-state index is 12.2. The van der Waals surface area contributed by atoms with Crippen molar-refractivity contribution in [3.63, 3.8) is 0 Å². The smallest absolute Gasteiger partial charge is 0.276 e. The Labute approximate surface area is 117 Å². The highest BCUT2D eigenvalue weighted by Gasteiger charge is 2.25. The second kappa shape index (κ2) is 7.37. The van der Waals surface area contributed by atoms with Gasteiger partial charge in [-0.25, -0.2) is 0 Å². The van der Waals surface area contributed by atoms with Crippen LogP contribution in [0.1, 0.15) is 29.1 Å². The molecule has 1 aromatic rings. The maximum Gasteiger partial charge on any atom is 0.276 e. The summed E-state index contributed by atoms with van der Waals surface area (Å²) in [6.45, 7) is 1.93. The second-order valence-electron chi connectivity index (χ2n) is 4.70. The number of likely N-dealkylation sites (tertiary alicyclic amines) is 1. The maximum atomic E-state index is 12.2. The minimum Gasteiger partial charge on any atom is -0.394 e. The van der Waals surface area contributed by atoms with Crippen LogP contribution < -0.4 is 0 Å². The highest BCUT2D eigenvalue weighted by Crippen LogP contribution is 2.16. The van der Waals surface area contributed by atoms with Crippen molar-refractivity contribution in [1.29, 1.82) is 0 Å². The molecule has 1 aliphatic heterocycles. The monoisotopic (exact) mass is 284 g/mol. The molecule has 1 aromatic heterocycles. The first-order chi connectivity index (χ1) is 9.74. The van der Waals surface area contributed by atoms with Gasteiger partial charge in [0.25, 0.3) is 5.91 Å². The lowest BCUT2D eigenvalue weighted by atomic mass is 10.1. The molecule has 0 bridgehead atoms. The van der Waals surface area contributed by atoms with E-state index in [1.54, 1.807) is 18.1 Å². The van der Waals surface area contributed by atoms with E-state index < -0.39 is 0 Å². The van der Waals surface area contributed by atoms with Crippen LogP contribution in [0.25, 0.3) is 0 Å². The Hall–Kier alpha value is -1.44. The van der Waals surface area contributed by atoms with Gasteiger partial charge in [0, 0.05) is 26.3 Å². The number of piperidine rings is 1. The average Bonchev–Trinajstić information content (AvgIpc) is 2.94. The van der Waals surface area contributed by atoms with E-state index in [1.807, 2.05) is 0 Å². The Bertz CT molecular complexity index is 426. The van der Waals surface area contributed by atoms with Crippen molar-refractivity contribution in [3.8, 4) is 0 Å². The number of amides is 1. The molecule has 1 amide bonds. The van der Waals surface area contributed by atoms with Crippen LogP contribution in [-0.2, 0) is 16.1 Å². The van der Waals surface area contributed by atoms with Gasteiger partial charge in [0.2, 0.25) is 0 Å². The van der Waals surface area contributed by atoms with Gasteiger partial charge in [0.05, 0.1) is 19.3 Å². The minimum absolute atomic E-state index is 0.0281. The number of aromatic nitrogens is 1. The third-order valence-electron chi connectivity index (χ3n) is 3.24. The zero-order chi connectivity index (χ0) is 14.4. The molecule has 20 heavy (non-hydrogen) atoms. The molecule has 1 aliphatic rings. The number of ether oxygens (including phenoxy) is 2. The Balaban J connectivity index is 1.84. The normalized spacial score (nSPS) is 16.6. The van der Waals surface area contributed by atoms with Gasteiger partial charge in [0.1, 0.15) is 6.61 Å². The van der Waals surface area contributed by atoms with E-state index >= 15 is 0 Å². The molecule has 0 saturated carbocycles. The lowest BCUT2D eigenvalue weighted by molar-refractivity contribution is -0.00571. The molecular formula is C13H20N2O5. The summed E-state index contributed by atoms with van der Waals surface area (Å²) in [5, 5.41) is 12.5. The molecule has 0 aromatic carbocycles. The summed E-state index contributed by atoms with van der Waals surface area (Å²) in [5.41, 5.74) is 0.312. The first-order valence-corrected chi connectivity index (χ1v) is 6.71. The van der Waals surface area contributed by atoms with E-state index in [4.69, 9.17) is 19.1 Å². The summed E-state index contributed by atoms with van der Waals surface area (Å²) in [4.78, 5) is 14.0. The average molecular weight is 284 g/mol. The van der Waals surface area contributed by atoms with E-state index in [0.29, 0.717) is 37.8 Å². The van der Waals surface area contributed by atoms with Gasteiger partial charge in [-0.15, -0.1) is 0 Å². The van der Waals surface area contributed by atoms with Crippen molar-refractivity contribution in [2.24, 2.45) is 0 Å². The Kier molecular flexibility index (Phi) is 5.51. The summed E-state index contributed by atoms with van der Waals surface area (Å²) in [6, 6.07) is 1.61. The molecule has 1 fully saturated rings. The highest BCUT2D eigenvalue weighted by molar-refractivity contribution is 5.92. The molecular weight excluding hydrogens is 264 g/mol. The van der Waals surface area contributed by atoms with Gasteiger partial charge in [-0.2, -0.15) is 0 Å². The molecule has 112 valence electrons. The predicted molar refractivity (Wildman–Crippen MR) is 69.2 cm³/mol. The Morgan fingerprint density at radius 1 is 1.55 bits per heavy atom. The number of carbonyl (C=O) groups excluding carboxylic acids is 1. The topological polar surface area (TPSA) is 85.0 Å². The van der Waals surface area contributed by atoms with Crippen LogP contribution in [0.4, 0.5) is 0 Å². The van der Waals surface area contributed by atoms with E-state index in [1.165, 1.54) is 0 Å². The summed E-state index contributed by atoms with van der Waals surface area (Å²) in [7, 11) is 1.56. The Morgan fingerprint density at radius 3 is 2.95 bits per heavy atom. The number of methoxy groups -OCH3 is 1. The molecule has 0 atom stereocenters. The van der Waals surface area contributed by atoms with Gasteiger partial charge in [-0.05, 0) is 12.8 Å². The molecule has 1 saturated heterocycles. The minimum atomic E-state index is -0.128. The standard InChI is InChI=1S/C13H20N2O5/c1-18-9-11-8-12(14-20-11)13(17)15-4-2-10(3-5-15)19-7-6-16/h8,10,16H,2-7,9H2,1H3. The summed E-state index contributed by atoms with van der Waals surface area (Å²) in [6.07, 6.45) is 1.66. The lowest BCUT2D eigenvalue weighted by Crippen LogP contribution is -2.41. The SMILES string of the molecule is COCc1cc(C(=O)N2CCC(OCCO)CC2)no1. The molecule has 0 aliphatic carbocycles. The number of carbonyl (C=O) groups is 1. The van der Waals surface area contributed by atoms with Crippen molar-refractivity contribution in [3.05, 3.63) is 17.5 Å². The van der Waals surface area contributed by atoms with Crippen molar-refractivity contribution in [2.75, 3.05) is 33.4 Å². The van der Waals surface area contributed by atoms with Crippen LogP contribution >= 0.6 is 0 Å². The zero-order valence-corrected chi connectivity index (χ0v) is 11.6. The summed E-state index contributed by atoms with van der Waals surface area (Å²) in [5.74, 6) is 0.411. The molecule has 0 spiro atoms. The van der Waals surface area contributed by atoms with Gasteiger partial charge in [-0.1, -0.05) is 5.16 Å². The fourth-order valence-electron chi connectivity index (χ4n) is 2.23. The molecule has 2 rings (SSSR count). The largest absolute Gasteiger partial charge is 0.394 e. The predicted octanol–water partition coefficient (Wildman–Crippen LogP) is 0.434. The van der Waals surface area contributed by atoms with Crippen LogP contribution in [0.15, 0.2) is 10.6 Å². The molecule has 1 N–H and O–H groups in total. The molecule has 0 unspecified atom stereocenters. The van der Waals surface area contributed by atoms with Crippen molar-refractivity contribution in [1.82, 2.24) is 10.1 Å². The first kappa shape index (κ1) is 15.0. The van der Waals surface area contributed by atoms with E-state index in [0.717, 1.165) is 12.8 Å². The zero-order valence-electron chi connectivity index (χ0n) is 11.6. The number of nitrogens with zero attached hydrogens (tertiary/aromatic N) is 2. The number of hydrogen-bond acceptors (Lipinski definition) is 6. The fourth-order valence-corrected chi connectivity index (χ4v) is 2.23. The van der Waals surface area contributed by atoms with Crippen LogP contribution in [0.2, 0.25) is 0 Å². The van der Waals surface area contributed by atoms with Gasteiger partial charge in [0.15, 0.2) is 11.5 Å². The first-order valence-electron chi connectivity index (χ1n) is 6.71. The highest BCUT2D eigenvalue weighted by atomic mass is 16.5. The Morgan fingerprint density at radius 2 is 2.30 bits per heavy atom. The lowest BCUT2D eigenvalue weighted by Gasteiger charge is -2.31. The summed E-state index contributed by atoms with van der Waals surface area (Å²) < 4.78 is 15.4. The van der Waals surface area contributed by atoms with Crippen LogP contribution in [0, 0.1) is 0 Å². The molecule has 7 nitrogen and oxygen atoms in total. The van der Waals surface area contributed by atoms with E-state index in [-0.39, 0.29) is 18.6 Å².